The lowest BCUT2D eigenvalue weighted by Gasteiger charge is -2.24. The van der Waals surface area contributed by atoms with E-state index in [4.69, 9.17) is 17.3 Å². The molecule has 6 heteroatoms. The summed E-state index contributed by atoms with van der Waals surface area (Å²) in [6, 6.07) is 2.32. The minimum atomic E-state index is 0.258. The lowest BCUT2D eigenvalue weighted by Crippen LogP contribution is -2.36. The van der Waals surface area contributed by atoms with Gasteiger partial charge in [-0.15, -0.1) is 11.3 Å². The van der Waals surface area contributed by atoms with Crippen LogP contribution >= 0.6 is 38.9 Å². The Hall–Kier alpha value is -0.260. The summed E-state index contributed by atoms with van der Waals surface area (Å²) in [5.41, 5.74) is 5.87. The monoisotopic (exact) mass is 321 g/mol. The van der Waals surface area contributed by atoms with Gasteiger partial charge in [-0.2, -0.15) is 0 Å². The van der Waals surface area contributed by atoms with Gasteiger partial charge < -0.3 is 10.6 Å². The Morgan fingerprint density at radius 2 is 2.50 bits per heavy atom. The first-order valence-corrected chi connectivity index (χ1v) is 7.13. The van der Waals surface area contributed by atoms with Crippen LogP contribution in [0.3, 0.4) is 0 Å². The van der Waals surface area contributed by atoms with Crippen LogP contribution < -0.4 is 5.73 Å². The molecule has 2 rings (SSSR count). The molecule has 88 valence electrons. The van der Waals surface area contributed by atoms with Gasteiger partial charge in [-0.05, 0) is 28.4 Å². The van der Waals surface area contributed by atoms with Crippen molar-refractivity contribution in [2.75, 3.05) is 13.1 Å². The summed E-state index contributed by atoms with van der Waals surface area (Å²) in [5, 5.41) is 0. The van der Waals surface area contributed by atoms with Gasteiger partial charge in [0.2, 0.25) is 0 Å². The quantitative estimate of drug-likeness (QED) is 0.928. The number of halogens is 2. The zero-order valence-corrected chi connectivity index (χ0v) is 12.1. The summed E-state index contributed by atoms with van der Waals surface area (Å²) in [7, 11) is 0. The van der Waals surface area contributed by atoms with E-state index in [1.165, 1.54) is 4.88 Å². The minimum Gasteiger partial charge on any atom is -0.370 e. The maximum atomic E-state index is 6.05. The molecule has 2 heterocycles. The van der Waals surface area contributed by atoms with Crippen molar-refractivity contribution in [3.05, 3.63) is 19.8 Å². The number of guanidine groups is 1. The molecule has 0 saturated heterocycles. The molecule has 2 N–H and O–H groups in total. The van der Waals surface area contributed by atoms with Gasteiger partial charge in [-0.25, -0.2) is 0 Å². The number of nitrogens with two attached hydrogens (primary N) is 1. The predicted molar refractivity (Wildman–Crippen MR) is 73.3 cm³/mol. The highest BCUT2D eigenvalue weighted by Crippen LogP contribution is 2.38. The van der Waals surface area contributed by atoms with Crippen LogP contribution in [0.15, 0.2) is 15.5 Å². The number of hydrogen-bond donors (Lipinski definition) is 1. The molecule has 1 aromatic heterocycles. The number of hydrogen-bond acceptors (Lipinski definition) is 4. The molecule has 0 spiro atoms. The SMILES string of the molecule is CCCN1C(N)=NCC1c1cc(Br)c(Cl)s1. The van der Waals surface area contributed by atoms with Crippen LogP contribution in [0.2, 0.25) is 4.34 Å². The van der Waals surface area contributed by atoms with Gasteiger partial charge in [0.1, 0.15) is 4.34 Å². The van der Waals surface area contributed by atoms with Crippen molar-refractivity contribution in [2.45, 2.75) is 19.4 Å². The maximum absolute atomic E-state index is 6.05. The van der Waals surface area contributed by atoms with Crippen molar-refractivity contribution in [3.8, 4) is 0 Å². The second-order valence-corrected chi connectivity index (χ2v) is 6.22. The minimum absolute atomic E-state index is 0.258. The third-order valence-corrected chi connectivity index (χ3v) is 5.13. The Bertz CT molecular complexity index is 399. The lowest BCUT2D eigenvalue weighted by atomic mass is 10.2. The molecule has 0 saturated carbocycles. The second kappa shape index (κ2) is 4.94. The summed E-state index contributed by atoms with van der Waals surface area (Å²) >= 11 is 11.1. The van der Waals surface area contributed by atoms with Crippen molar-refractivity contribution in [1.29, 1.82) is 0 Å². The van der Waals surface area contributed by atoms with E-state index in [-0.39, 0.29) is 6.04 Å². The van der Waals surface area contributed by atoms with Crippen molar-refractivity contribution in [1.82, 2.24) is 4.90 Å². The molecular formula is C10H13BrClN3S. The van der Waals surface area contributed by atoms with Crippen molar-refractivity contribution < 1.29 is 0 Å². The summed E-state index contributed by atoms with van der Waals surface area (Å²) in [5.74, 6) is 0.646. The van der Waals surface area contributed by atoms with E-state index >= 15 is 0 Å². The molecule has 0 radical (unpaired) electrons. The van der Waals surface area contributed by atoms with Gasteiger partial charge >= 0.3 is 0 Å². The molecule has 0 fully saturated rings. The molecule has 0 aromatic carbocycles. The third kappa shape index (κ3) is 2.21. The van der Waals surface area contributed by atoms with E-state index in [1.807, 2.05) is 0 Å². The van der Waals surface area contributed by atoms with Gasteiger partial charge in [0.05, 0.1) is 12.6 Å². The van der Waals surface area contributed by atoms with Crippen LogP contribution in [0.25, 0.3) is 0 Å². The molecular weight excluding hydrogens is 310 g/mol. The van der Waals surface area contributed by atoms with Gasteiger partial charge in [0, 0.05) is 15.9 Å². The number of thiophene rings is 1. The predicted octanol–water partition coefficient (Wildman–Crippen LogP) is 3.25. The Labute approximate surface area is 112 Å². The fourth-order valence-corrected chi connectivity index (χ4v) is 3.65. The molecule has 0 bridgehead atoms. The van der Waals surface area contributed by atoms with Crippen LogP contribution in [-0.2, 0) is 0 Å². The van der Waals surface area contributed by atoms with E-state index in [1.54, 1.807) is 11.3 Å². The first-order valence-electron chi connectivity index (χ1n) is 5.14. The van der Waals surface area contributed by atoms with Gasteiger partial charge in [-0.1, -0.05) is 18.5 Å². The summed E-state index contributed by atoms with van der Waals surface area (Å²) in [6.45, 7) is 3.81. The van der Waals surface area contributed by atoms with E-state index in [9.17, 15) is 0 Å². The molecule has 0 aliphatic carbocycles. The normalized spacial score (nSPS) is 20.3. The standard InChI is InChI=1S/C10H13BrClN3S/c1-2-3-15-7(5-14-10(15)13)8-4-6(11)9(12)16-8/h4,7H,2-3,5H2,1H3,(H2,13,14). The first-order chi connectivity index (χ1) is 7.63. The maximum Gasteiger partial charge on any atom is 0.191 e. The highest BCUT2D eigenvalue weighted by Gasteiger charge is 2.28. The number of rotatable bonds is 3. The van der Waals surface area contributed by atoms with Crippen LogP contribution in [0, 0.1) is 0 Å². The highest BCUT2D eigenvalue weighted by molar-refractivity contribution is 9.10. The van der Waals surface area contributed by atoms with Gasteiger partial charge in [0.25, 0.3) is 0 Å². The van der Waals surface area contributed by atoms with Crippen LogP contribution in [0.4, 0.5) is 0 Å². The Kier molecular flexibility index (Phi) is 3.77. The van der Waals surface area contributed by atoms with Crippen molar-refractivity contribution >= 4 is 44.8 Å². The summed E-state index contributed by atoms with van der Waals surface area (Å²) in [6.07, 6.45) is 1.06. The Balaban J connectivity index is 2.21. The average molecular weight is 323 g/mol. The van der Waals surface area contributed by atoms with E-state index in [0.29, 0.717) is 5.96 Å². The van der Waals surface area contributed by atoms with E-state index < -0.39 is 0 Å². The second-order valence-electron chi connectivity index (χ2n) is 3.68. The Morgan fingerprint density at radius 3 is 3.06 bits per heavy atom. The van der Waals surface area contributed by atoms with Crippen molar-refractivity contribution in [3.63, 3.8) is 0 Å². The van der Waals surface area contributed by atoms with Crippen molar-refractivity contribution in [2.24, 2.45) is 10.7 Å². The largest absolute Gasteiger partial charge is 0.370 e. The highest BCUT2D eigenvalue weighted by atomic mass is 79.9. The number of nitrogens with zero attached hydrogens (tertiary/aromatic N) is 2. The van der Waals surface area contributed by atoms with Gasteiger partial charge in [0.15, 0.2) is 5.96 Å². The fourth-order valence-electron chi connectivity index (χ4n) is 1.81. The number of aliphatic imine (C=N–C) groups is 1. The molecule has 3 nitrogen and oxygen atoms in total. The molecule has 16 heavy (non-hydrogen) atoms. The first kappa shape index (κ1) is 12.2. The van der Waals surface area contributed by atoms with E-state index in [2.05, 4.69) is 38.8 Å². The zero-order valence-electron chi connectivity index (χ0n) is 8.91. The molecule has 0 amide bonds. The molecule has 1 atom stereocenters. The molecule has 1 unspecified atom stereocenters. The third-order valence-electron chi connectivity index (χ3n) is 2.55. The average Bonchev–Trinajstić information content (AvgIpc) is 2.74. The Morgan fingerprint density at radius 1 is 1.75 bits per heavy atom. The molecule has 1 aliphatic heterocycles. The fraction of sp³-hybridized carbons (Fsp3) is 0.500. The van der Waals surface area contributed by atoms with E-state index in [0.717, 1.165) is 28.3 Å². The smallest absolute Gasteiger partial charge is 0.191 e. The summed E-state index contributed by atoms with van der Waals surface area (Å²) in [4.78, 5) is 7.67. The van der Waals surface area contributed by atoms with Crippen LogP contribution in [-0.4, -0.2) is 23.9 Å². The van der Waals surface area contributed by atoms with Gasteiger partial charge in [-0.3, -0.25) is 4.99 Å². The van der Waals surface area contributed by atoms with Crippen LogP contribution in [0.1, 0.15) is 24.3 Å². The van der Waals surface area contributed by atoms with Crippen LogP contribution in [0.5, 0.6) is 0 Å². The molecule has 1 aromatic rings. The molecule has 1 aliphatic rings. The summed E-state index contributed by atoms with van der Waals surface area (Å²) < 4.78 is 1.74. The zero-order chi connectivity index (χ0) is 11.7. The topological polar surface area (TPSA) is 41.6 Å². The lowest BCUT2D eigenvalue weighted by molar-refractivity contribution is 0.351.